The van der Waals surface area contributed by atoms with Crippen LogP contribution in [0.1, 0.15) is 33.5 Å². The number of nitrogens with zero attached hydrogens (tertiary/aromatic N) is 5. The van der Waals surface area contributed by atoms with Crippen LogP contribution in [0, 0.1) is 13.8 Å². The zero-order chi connectivity index (χ0) is 19.3. The average molecular weight is 376 g/mol. The molecular formula is C19H16N6O3. The minimum Gasteiger partial charge on any atom is -0.491 e. The SMILES string of the molecule is Cc1ccn2nnc(C(=O)N[C@@H]3COc4cc(-c5noc(C)n5)ccc43)c2c1. The summed E-state index contributed by atoms with van der Waals surface area (Å²) in [4.78, 5) is 17.0. The molecule has 0 unspecified atom stereocenters. The second-order valence-corrected chi connectivity index (χ2v) is 6.70. The molecule has 0 saturated carbocycles. The number of carbonyl (C=O) groups excluding carboxylic acids is 1. The summed E-state index contributed by atoms with van der Waals surface area (Å²) in [5.41, 5.74) is 3.67. The molecule has 0 fully saturated rings. The number of pyridine rings is 1. The number of rotatable bonds is 3. The molecule has 1 aliphatic heterocycles. The van der Waals surface area contributed by atoms with Gasteiger partial charge in [-0.2, -0.15) is 4.98 Å². The first kappa shape index (κ1) is 16.4. The quantitative estimate of drug-likeness (QED) is 0.584. The standard InChI is InChI=1S/C19H16N6O3/c1-10-5-6-25-15(7-10)17(22-24-25)19(26)21-14-9-27-16-8-12(3-4-13(14)16)18-20-11(2)28-23-18/h3-8,14H,9H2,1-2H3,(H,21,26)/t14-/m1/s1. The van der Waals surface area contributed by atoms with Crippen molar-refractivity contribution in [2.24, 2.45) is 0 Å². The van der Waals surface area contributed by atoms with E-state index in [9.17, 15) is 4.79 Å². The van der Waals surface area contributed by atoms with E-state index < -0.39 is 0 Å². The van der Waals surface area contributed by atoms with Crippen molar-refractivity contribution in [3.8, 4) is 17.1 Å². The van der Waals surface area contributed by atoms with Crippen molar-refractivity contribution >= 4 is 11.4 Å². The lowest BCUT2D eigenvalue weighted by Crippen LogP contribution is -2.29. The van der Waals surface area contributed by atoms with Gasteiger partial charge in [0.15, 0.2) is 5.69 Å². The summed E-state index contributed by atoms with van der Waals surface area (Å²) >= 11 is 0. The van der Waals surface area contributed by atoms with Crippen LogP contribution in [0.5, 0.6) is 5.75 Å². The van der Waals surface area contributed by atoms with Crippen LogP contribution >= 0.6 is 0 Å². The number of carbonyl (C=O) groups is 1. The lowest BCUT2D eigenvalue weighted by Gasteiger charge is -2.10. The predicted molar refractivity (Wildman–Crippen MR) is 97.9 cm³/mol. The first-order valence-corrected chi connectivity index (χ1v) is 8.78. The third-order valence-corrected chi connectivity index (χ3v) is 4.67. The maximum absolute atomic E-state index is 12.8. The Bertz CT molecular complexity index is 1210. The monoisotopic (exact) mass is 376 g/mol. The van der Waals surface area contributed by atoms with E-state index in [4.69, 9.17) is 9.26 Å². The third kappa shape index (κ3) is 2.68. The second kappa shape index (κ2) is 6.15. The van der Waals surface area contributed by atoms with Crippen LogP contribution in [0.2, 0.25) is 0 Å². The van der Waals surface area contributed by atoms with Crippen LogP contribution in [0.15, 0.2) is 41.1 Å². The summed E-state index contributed by atoms with van der Waals surface area (Å²) in [7, 11) is 0. The Morgan fingerprint density at radius 2 is 2.14 bits per heavy atom. The molecule has 4 heterocycles. The molecular weight excluding hydrogens is 360 g/mol. The van der Waals surface area contributed by atoms with Gasteiger partial charge in [-0.3, -0.25) is 4.79 Å². The van der Waals surface area contributed by atoms with Crippen molar-refractivity contribution in [3.05, 3.63) is 59.2 Å². The Morgan fingerprint density at radius 3 is 2.96 bits per heavy atom. The van der Waals surface area contributed by atoms with Gasteiger partial charge >= 0.3 is 0 Å². The summed E-state index contributed by atoms with van der Waals surface area (Å²) < 4.78 is 12.4. The van der Waals surface area contributed by atoms with Gasteiger partial charge in [-0.15, -0.1) is 5.10 Å². The molecule has 0 aliphatic carbocycles. The highest BCUT2D eigenvalue weighted by molar-refractivity contribution is 5.99. The van der Waals surface area contributed by atoms with Gasteiger partial charge in [0.2, 0.25) is 11.7 Å². The number of aryl methyl sites for hydroxylation is 2. The molecule has 0 radical (unpaired) electrons. The highest BCUT2D eigenvalue weighted by atomic mass is 16.5. The molecule has 0 spiro atoms. The first-order chi connectivity index (χ1) is 13.6. The Balaban J connectivity index is 1.40. The maximum Gasteiger partial charge on any atom is 0.274 e. The summed E-state index contributed by atoms with van der Waals surface area (Å²) in [5.74, 6) is 1.40. The average Bonchev–Trinajstić information content (AvgIpc) is 3.39. The minimum absolute atomic E-state index is 0.273. The van der Waals surface area contributed by atoms with Crippen LogP contribution in [-0.4, -0.2) is 37.5 Å². The van der Waals surface area contributed by atoms with Crippen molar-refractivity contribution in [3.63, 3.8) is 0 Å². The van der Waals surface area contributed by atoms with Crippen LogP contribution in [-0.2, 0) is 0 Å². The lowest BCUT2D eigenvalue weighted by molar-refractivity contribution is 0.0927. The van der Waals surface area contributed by atoms with Crippen molar-refractivity contribution in [2.75, 3.05) is 6.61 Å². The van der Waals surface area contributed by atoms with Gasteiger partial charge in [-0.1, -0.05) is 22.5 Å². The molecule has 1 N–H and O–H groups in total. The van der Waals surface area contributed by atoms with E-state index in [-0.39, 0.29) is 17.6 Å². The molecule has 4 aromatic rings. The normalized spacial score (nSPS) is 15.4. The van der Waals surface area contributed by atoms with Gasteiger partial charge in [0, 0.05) is 24.2 Å². The van der Waals surface area contributed by atoms with Crippen LogP contribution < -0.4 is 10.1 Å². The molecule has 0 saturated heterocycles. The minimum atomic E-state index is -0.292. The maximum atomic E-state index is 12.8. The number of fused-ring (bicyclic) bond motifs is 2. The number of hydrogen-bond acceptors (Lipinski definition) is 7. The van der Waals surface area contributed by atoms with Gasteiger partial charge in [-0.05, 0) is 30.7 Å². The highest BCUT2D eigenvalue weighted by Gasteiger charge is 2.28. The van der Waals surface area contributed by atoms with E-state index in [2.05, 4.69) is 25.8 Å². The third-order valence-electron chi connectivity index (χ3n) is 4.67. The van der Waals surface area contributed by atoms with Crippen LogP contribution in [0.3, 0.4) is 0 Å². The Hall–Kier alpha value is -3.75. The van der Waals surface area contributed by atoms with Gasteiger partial charge in [0.1, 0.15) is 12.4 Å². The summed E-state index contributed by atoms with van der Waals surface area (Å²) in [6, 6.07) is 9.16. The van der Waals surface area contributed by atoms with Crippen molar-refractivity contribution in [1.29, 1.82) is 0 Å². The van der Waals surface area contributed by atoms with Crippen LogP contribution in [0.4, 0.5) is 0 Å². The second-order valence-electron chi connectivity index (χ2n) is 6.70. The van der Waals surface area contributed by atoms with Crippen molar-refractivity contribution in [2.45, 2.75) is 19.9 Å². The summed E-state index contributed by atoms with van der Waals surface area (Å²) in [6.45, 7) is 4.04. The molecule has 1 aliphatic rings. The van der Waals surface area contributed by atoms with Crippen molar-refractivity contribution < 1.29 is 14.1 Å². The van der Waals surface area contributed by atoms with E-state index in [1.807, 2.05) is 37.3 Å². The topological polar surface area (TPSA) is 107 Å². The molecule has 5 rings (SSSR count). The zero-order valence-corrected chi connectivity index (χ0v) is 15.2. The molecule has 3 aromatic heterocycles. The first-order valence-electron chi connectivity index (χ1n) is 8.78. The fourth-order valence-corrected chi connectivity index (χ4v) is 3.27. The molecule has 1 amide bonds. The highest BCUT2D eigenvalue weighted by Crippen LogP contribution is 2.35. The number of benzene rings is 1. The Morgan fingerprint density at radius 1 is 1.25 bits per heavy atom. The van der Waals surface area contributed by atoms with Gasteiger partial charge in [0.25, 0.3) is 5.91 Å². The van der Waals surface area contributed by atoms with E-state index in [1.54, 1.807) is 17.6 Å². The summed E-state index contributed by atoms with van der Waals surface area (Å²) in [6.07, 6.45) is 1.78. The molecule has 0 bridgehead atoms. The molecule has 140 valence electrons. The van der Waals surface area contributed by atoms with E-state index >= 15 is 0 Å². The Labute approximate surface area is 159 Å². The van der Waals surface area contributed by atoms with Gasteiger partial charge in [-0.25, -0.2) is 4.52 Å². The fraction of sp³-hybridized carbons (Fsp3) is 0.211. The fourth-order valence-electron chi connectivity index (χ4n) is 3.27. The van der Waals surface area contributed by atoms with E-state index in [0.29, 0.717) is 29.6 Å². The number of nitrogens with one attached hydrogen (secondary N) is 1. The molecule has 9 heteroatoms. The smallest absolute Gasteiger partial charge is 0.274 e. The number of hydrogen-bond donors (Lipinski definition) is 1. The molecule has 9 nitrogen and oxygen atoms in total. The van der Waals surface area contributed by atoms with Gasteiger partial charge < -0.3 is 14.6 Å². The number of aromatic nitrogens is 5. The zero-order valence-electron chi connectivity index (χ0n) is 15.2. The predicted octanol–water partition coefficient (Wildman–Crippen LogP) is 2.26. The number of amides is 1. The molecule has 28 heavy (non-hydrogen) atoms. The lowest BCUT2D eigenvalue weighted by atomic mass is 10.1. The largest absolute Gasteiger partial charge is 0.491 e. The molecule has 1 atom stereocenters. The van der Waals surface area contributed by atoms with E-state index in [1.165, 1.54) is 0 Å². The van der Waals surface area contributed by atoms with Crippen LogP contribution in [0.25, 0.3) is 16.9 Å². The Kier molecular flexibility index (Phi) is 3.61. The summed E-state index contributed by atoms with van der Waals surface area (Å²) in [5, 5.41) is 14.9. The van der Waals surface area contributed by atoms with Crippen molar-refractivity contribution in [1.82, 2.24) is 30.3 Å². The van der Waals surface area contributed by atoms with E-state index in [0.717, 1.165) is 16.7 Å². The van der Waals surface area contributed by atoms with Gasteiger partial charge in [0.05, 0.1) is 11.6 Å². The number of ether oxygens (including phenoxy) is 1. The molecule has 1 aromatic carbocycles.